The number of hydrogen-bond acceptors (Lipinski definition) is 4. The SMILES string of the molecule is COc1ccc(F)cc1CSCC(=O)NCCOc1cccc(C)c1. The van der Waals surface area contributed by atoms with Crippen LogP contribution in [0.2, 0.25) is 0 Å². The highest BCUT2D eigenvalue weighted by Gasteiger charge is 2.07. The van der Waals surface area contributed by atoms with Crippen molar-refractivity contribution in [1.82, 2.24) is 5.32 Å². The third kappa shape index (κ3) is 6.66. The maximum absolute atomic E-state index is 13.3. The Kier molecular flexibility index (Phi) is 7.60. The van der Waals surface area contributed by atoms with Crippen LogP contribution >= 0.6 is 11.8 Å². The largest absolute Gasteiger partial charge is 0.496 e. The number of aryl methyl sites for hydroxylation is 1. The minimum Gasteiger partial charge on any atom is -0.496 e. The molecule has 25 heavy (non-hydrogen) atoms. The average molecular weight is 363 g/mol. The van der Waals surface area contributed by atoms with Crippen molar-refractivity contribution in [3.8, 4) is 11.5 Å². The standard InChI is InChI=1S/C19H22FNO3S/c1-14-4-3-5-17(10-14)24-9-8-21-19(22)13-25-12-15-11-16(20)6-7-18(15)23-2/h3-7,10-11H,8-9,12-13H2,1-2H3,(H,21,22). The summed E-state index contributed by atoms with van der Waals surface area (Å²) in [6.07, 6.45) is 0. The summed E-state index contributed by atoms with van der Waals surface area (Å²) < 4.78 is 24.0. The normalized spacial score (nSPS) is 10.4. The molecule has 0 aliphatic heterocycles. The zero-order valence-corrected chi connectivity index (χ0v) is 15.2. The monoisotopic (exact) mass is 363 g/mol. The number of benzene rings is 2. The van der Waals surface area contributed by atoms with Gasteiger partial charge in [0.25, 0.3) is 0 Å². The predicted molar refractivity (Wildman–Crippen MR) is 98.8 cm³/mol. The number of rotatable bonds is 9. The average Bonchev–Trinajstić information content (AvgIpc) is 2.59. The van der Waals surface area contributed by atoms with E-state index in [1.807, 2.05) is 31.2 Å². The summed E-state index contributed by atoms with van der Waals surface area (Å²) >= 11 is 1.41. The van der Waals surface area contributed by atoms with Gasteiger partial charge in [0, 0.05) is 11.3 Å². The molecule has 2 aromatic carbocycles. The van der Waals surface area contributed by atoms with E-state index in [-0.39, 0.29) is 11.7 Å². The minimum absolute atomic E-state index is 0.0757. The molecular formula is C19H22FNO3S. The molecule has 0 spiro atoms. The lowest BCUT2D eigenvalue weighted by atomic mass is 10.2. The summed E-state index contributed by atoms with van der Waals surface area (Å²) in [7, 11) is 1.54. The number of ether oxygens (including phenoxy) is 2. The molecule has 2 rings (SSSR count). The quantitative estimate of drug-likeness (QED) is 0.692. The molecule has 0 atom stereocenters. The van der Waals surface area contributed by atoms with E-state index in [1.165, 1.54) is 23.9 Å². The molecule has 1 N–H and O–H groups in total. The van der Waals surface area contributed by atoms with Crippen LogP contribution in [0, 0.1) is 12.7 Å². The van der Waals surface area contributed by atoms with Crippen LogP contribution < -0.4 is 14.8 Å². The molecule has 0 bridgehead atoms. The van der Waals surface area contributed by atoms with Gasteiger partial charge in [-0.2, -0.15) is 0 Å². The fourth-order valence-electron chi connectivity index (χ4n) is 2.23. The van der Waals surface area contributed by atoms with Gasteiger partial charge in [0.05, 0.1) is 19.4 Å². The van der Waals surface area contributed by atoms with Gasteiger partial charge in [-0.25, -0.2) is 4.39 Å². The summed E-state index contributed by atoms with van der Waals surface area (Å²) in [5, 5.41) is 2.80. The second kappa shape index (κ2) is 9.93. The Morgan fingerprint density at radius 2 is 2.08 bits per heavy atom. The zero-order valence-electron chi connectivity index (χ0n) is 14.4. The predicted octanol–water partition coefficient (Wildman–Crippen LogP) is 3.57. The highest BCUT2D eigenvalue weighted by atomic mass is 32.2. The Morgan fingerprint density at radius 1 is 1.24 bits per heavy atom. The Bertz CT molecular complexity index is 709. The van der Waals surface area contributed by atoms with E-state index >= 15 is 0 Å². The van der Waals surface area contributed by atoms with E-state index in [0.717, 1.165) is 16.9 Å². The first-order valence-corrected chi connectivity index (χ1v) is 9.10. The van der Waals surface area contributed by atoms with Crippen LogP contribution in [0.3, 0.4) is 0 Å². The first-order chi connectivity index (χ1) is 12.1. The molecular weight excluding hydrogens is 341 g/mol. The van der Waals surface area contributed by atoms with Gasteiger partial charge in [0.1, 0.15) is 23.9 Å². The first-order valence-electron chi connectivity index (χ1n) is 7.95. The van der Waals surface area contributed by atoms with Crippen molar-refractivity contribution in [2.45, 2.75) is 12.7 Å². The van der Waals surface area contributed by atoms with E-state index in [1.54, 1.807) is 13.2 Å². The minimum atomic E-state index is -0.311. The van der Waals surface area contributed by atoms with Gasteiger partial charge in [-0.15, -0.1) is 11.8 Å². The number of nitrogens with one attached hydrogen (secondary N) is 1. The lowest BCUT2D eigenvalue weighted by molar-refractivity contribution is -0.118. The Labute approximate surface area is 151 Å². The smallest absolute Gasteiger partial charge is 0.230 e. The van der Waals surface area contributed by atoms with Crippen molar-refractivity contribution < 1.29 is 18.7 Å². The molecule has 0 saturated carbocycles. The van der Waals surface area contributed by atoms with Crippen LogP contribution in [0.1, 0.15) is 11.1 Å². The molecule has 6 heteroatoms. The van der Waals surface area contributed by atoms with Crippen LogP contribution in [0.4, 0.5) is 4.39 Å². The molecule has 0 unspecified atom stereocenters. The molecule has 134 valence electrons. The molecule has 0 aromatic heterocycles. The number of carbonyl (C=O) groups is 1. The second-order valence-corrected chi connectivity index (χ2v) is 6.45. The molecule has 0 heterocycles. The van der Waals surface area contributed by atoms with Crippen molar-refractivity contribution in [2.75, 3.05) is 26.0 Å². The van der Waals surface area contributed by atoms with Gasteiger partial charge in [0.15, 0.2) is 0 Å². The van der Waals surface area contributed by atoms with Gasteiger partial charge in [-0.1, -0.05) is 12.1 Å². The molecule has 0 aliphatic rings. The number of amides is 1. The fourth-order valence-corrected chi connectivity index (χ4v) is 3.06. The van der Waals surface area contributed by atoms with Crippen molar-refractivity contribution in [2.24, 2.45) is 0 Å². The van der Waals surface area contributed by atoms with Crippen LogP contribution in [0.5, 0.6) is 11.5 Å². The van der Waals surface area contributed by atoms with Gasteiger partial charge >= 0.3 is 0 Å². The molecule has 1 amide bonds. The van der Waals surface area contributed by atoms with Gasteiger partial charge < -0.3 is 14.8 Å². The van der Waals surface area contributed by atoms with Crippen LogP contribution in [-0.4, -0.2) is 31.9 Å². The molecule has 0 fully saturated rings. The molecule has 4 nitrogen and oxygen atoms in total. The summed E-state index contributed by atoms with van der Waals surface area (Å²) in [6, 6.07) is 12.1. The van der Waals surface area contributed by atoms with Crippen LogP contribution in [-0.2, 0) is 10.5 Å². The van der Waals surface area contributed by atoms with Crippen molar-refractivity contribution in [3.05, 3.63) is 59.4 Å². The Morgan fingerprint density at radius 3 is 2.84 bits per heavy atom. The fraction of sp³-hybridized carbons (Fsp3) is 0.316. The summed E-state index contributed by atoms with van der Waals surface area (Å²) in [5.41, 5.74) is 1.87. The second-order valence-electron chi connectivity index (χ2n) is 5.46. The maximum Gasteiger partial charge on any atom is 0.230 e. The highest BCUT2D eigenvalue weighted by Crippen LogP contribution is 2.24. The third-order valence-electron chi connectivity index (χ3n) is 3.42. The van der Waals surface area contributed by atoms with Gasteiger partial charge in [-0.05, 0) is 42.8 Å². The molecule has 0 radical (unpaired) electrons. The number of thioether (sulfide) groups is 1. The van der Waals surface area contributed by atoms with Crippen molar-refractivity contribution >= 4 is 17.7 Å². The van der Waals surface area contributed by atoms with E-state index in [4.69, 9.17) is 9.47 Å². The maximum atomic E-state index is 13.3. The number of hydrogen-bond donors (Lipinski definition) is 1. The van der Waals surface area contributed by atoms with Gasteiger partial charge in [0.2, 0.25) is 5.91 Å². The number of halogens is 1. The third-order valence-corrected chi connectivity index (χ3v) is 4.40. The van der Waals surface area contributed by atoms with E-state index in [9.17, 15) is 9.18 Å². The summed E-state index contributed by atoms with van der Waals surface area (Å²) in [6.45, 7) is 2.85. The molecule has 2 aromatic rings. The number of methoxy groups -OCH3 is 1. The number of carbonyl (C=O) groups excluding carboxylic acids is 1. The molecule has 0 saturated heterocycles. The van der Waals surface area contributed by atoms with E-state index < -0.39 is 0 Å². The first kappa shape index (κ1) is 19.1. The Hall–Kier alpha value is -2.21. The van der Waals surface area contributed by atoms with Crippen molar-refractivity contribution in [3.63, 3.8) is 0 Å². The summed E-state index contributed by atoms with van der Waals surface area (Å²) in [4.78, 5) is 11.8. The zero-order chi connectivity index (χ0) is 18.1. The lowest BCUT2D eigenvalue weighted by Gasteiger charge is -2.09. The van der Waals surface area contributed by atoms with Crippen LogP contribution in [0.25, 0.3) is 0 Å². The summed E-state index contributed by atoms with van der Waals surface area (Å²) in [5.74, 6) is 1.84. The highest BCUT2D eigenvalue weighted by molar-refractivity contribution is 7.99. The lowest BCUT2D eigenvalue weighted by Crippen LogP contribution is -2.29. The topological polar surface area (TPSA) is 47.6 Å². The van der Waals surface area contributed by atoms with E-state index in [0.29, 0.717) is 30.4 Å². The van der Waals surface area contributed by atoms with Gasteiger partial charge in [-0.3, -0.25) is 4.79 Å². The molecule has 0 aliphatic carbocycles. The van der Waals surface area contributed by atoms with Crippen LogP contribution in [0.15, 0.2) is 42.5 Å². The Balaban J connectivity index is 1.65. The van der Waals surface area contributed by atoms with E-state index in [2.05, 4.69) is 5.32 Å². The van der Waals surface area contributed by atoms with Crippen molar-refractivity contribution in [1.29, 1.82) is 0 Å².